The van der Waals surface area contributed by atoms with Crippen molar-refractivity contribution in [1.82, 2.24) is 0 Å². The Morgan fingerprint density at radius 2 is 2.00 bits per heavy atom. The van der Waals surface area contributed by atoms with E-state index in [1.54, 1.807) is 12.1 Å². The lowest BCUT2D eigenvalue weighted by Crippen LogP contribution is -2.04. The average Bonchev–Trinajstić information content (AvgIpc) is 2.27. The van der Waals surface area contributed by atoms with Gasteiger partial charge in [-0.15, -0.1) is 0 Å². The van der Waals surface area contributed by atoms with Crippen molar-refractivity contribution in [1.29, 1.82) is 0 Å². The fourth-order valence-corrected chi connectivity index (χ4v) is 0.962. The quantitative estimate of drug-likeness (QED) is 0.432. The summed E-state index contributed by atoms with van der Waals surface area (Å²) in [6.07, 6.45) is 0. The van der Waals surface area contributed by atoms with Gasteiger partial charge in [0.1, 0.15) is 12.4 Å². The Kier molecular flexibility index (Phi) is 4.30. The fraction of sp³-hybridized carbons (Fsp3) is 0.200. The number of ether oxygens (including phenoxy) is 2. The van der Waals surface area contributed by atoms with E-state index in [4.69, 9.17) is 9.84 Å². The minimum atomic E-state index is -0.710. The molecule has 0 aromatic heterocycles. The van der Waals surface area contributed by atoms with Gasteiger partial charge in [0.05, 0.1) is 12.2 Å². The Balaban J connectivity index is 2.63. The Hall–Kier alpha value is -1.88. The van der Waals surface area contributed by atoms with Crippen LogP contribution >= 0.6 is 0 Å². The summed E-state index contributed by atoms with van der Waals surface area (Å²) < 4.78 is 9.23. The number of carbonyl (C=O) groups excluding carboxylic acids is 2. The van der Waals surface area contributed by atoms with Crippen molar-refractivity contribution in [2.24, 2.45) is 0 Å². The first-order valence-corrected chi connectivity index (χ1v) is 4.26. The molecular formula is C10H10O5. The molecule has 0 spiro atoms. The third-order valence-electron chi connectivity index (χ3n) is 1.61. The molecule has 0 bridgehead atoms. The van der Waals surface area contributed by atoms with Crippen LogP contribution in [0, 0.1) is 0 Å². The number of hydrogen-bond acceptors (Lipinski definition) is 5. The van der Waals surface area contributed by atoms with Crippen LogP contribution in [0.25, 0.3) is 0 Å². The maximum atomic E-state index is 11.0. The second kappa shape index (κ2) is 5.77. The average molecular weight is 210 g/mol. The van der Waals surface area contributed by atoms with Crippen LogP contribution in [0.4, 0.5) is 0 Å². The second-order valence-corrected chi connectivity index (χ2v) is 2.60. The summed E-state index contributed by atoms with van der Waals surface area (Å²) in [6.45, 7) is 0.200. The summed E-state index contributed by atoms with van der Waals surface area (Å²) in [6, 6.07) is 6.05. The minimum Gasteiger partial charge on any atom is -0.491 e. The fourth-order valence-electron chi connectivity index (χ4n) is 0.962. The molecule has 0 radical (unpaired) electrons. The Morgan fingerprint density at radius 1 is 1.33 bits per heavy atom. The topological polar surface area (TPSA) is 72.8 Å². The molecule has 0 saturated heterocycles. The lowest BCUT2D eigenvalue weighted by molar-refractivity contribution is -0.123. The minimum absolute atomic E-state index is 0.0745. The van der Waals surface area contributed by atoms with Gasteiger partial charge in [-0.3, -0.25) is 4.79 Å². The first-order chi connectivity index (χ1) is 7.27. The number of hydrogen-bond donors (Lipinski definition) is 1. The molecule has 0 fully saturated rings. The molecule has 1 rings (SSSR count). The van der Waals surface area contributed by atoms with E-state index in [9.17, 15) is 9.59 Å². The van der Waals surface area contributed by atoms with Gasteiger partial charge in [0.15, 0.2) is 0 Å². The van der Waals surface area contributed by atoms with Gasteiger partial charge in [0, 0.05) is 0 Å². The van der Waals surface area contributed by atoms with Crippen molar-refractivity contribution in [3.63, 3.8) is 0 Å². The summed E-state index contributed by atoms with van der Waals surface area (Å²) >= 11 is 0. The molecule has 0 heterocycles. The standard InChI is InChI=1S/C10H10O5/c11-5-6-14-9-3-1-8(2-4-9)10(13)15-7-12/h1-4,7,11H,5-6H2. The van der Waals surface area contributed by atoms with Gasteiger partial charge < -0.3 is 14.6 Å². The highest BCUT2D eigenvalue weighted by atomic mass is 16.6. The lowest BCUT2D eigenvalue weighted by Gasteiger charge is -2.04. The summed E-state index contributed by atoms with van der Waals surface area (Å²) in [5.41, 5.74) is 0.262. The van der Waals surface area contributed by atoms with E-state index in [2.05, 4.69) is 4.74 Å². The van der Waals surface area contributed by atoms with Gasteiger partial charge in [0.2, 0.25) is 0 Å². The van der Waals surface area contributed by atoms with Crippen LogP contribution in [0.15, 0.2) is 24.3 Å². The molecule has 0 amide bonds. The van der Waals surface area contributed by atoms with Crippen LogP contribution < -0.4 is 4.74 Å². The molecule has 0 saturated carbocycles. The smallest absolute Gasteiger partial charge is 0.345 e. The molecule has 1 aromatic rings. The first-order valence-electron chi connectivity index (χ1n) is 4.26. The zero-order chi connectivity index (χ0) is 11.1. The molecular weight excluding hydrogens is 200 g/mol. The number of aliphatic hydroxyl groups is 1. The third kappa shape index (κ3) is 3.40. The van der Waals surface area contributed by atoms with Crippen molar-refractivity contribution in [2.75, 3.05) is 13.2 Å². The lowest BCUT2D eigenvalue weighted by atomic mass is 10.2. The summed E-state index contributed by atoms with van der Waals surface area (Å²) in [5, 5.41) is 8.50. The molecule has 0 atom stereocenters. The predicted octanol–water partition coefficient (Wildman–Crippen LogP) is 0.371. The van der Waals surface area contributed by atoms with E-state index < -0.39 is 5.97 Å². The molecule has 1 N–H and O–H groups in total. The van der Waals surface area contributed by atoms with Crippen LogP contribution in [0.1, 0.15) is 10.4 Å². The van der Waals surface area contributed by atoms with E-state index in [-0.39, 0.29) is 25.2 Å². The molecule has 0 aliphatic heterocycles. The van der Waals surface area contributed by atoms with Gasteiger partial charge in [-0.1, -0.05) is 0 Å². The van der Waals surface area contributed by atoms with Crippen LogP contribution in [-0.4, -0.2) is 30.8 Å². The monoisotopic (exact) mass is 210 g/mol. The molecule has 80 valence electrons. The Labute approximate surface area is 86.2 Å². The highest BCUT2D eigenvalue weighted by Crippen LogP contribution is 2.12. The highest BCUT2D eigenvalue weighted by Gasteiger charge is 2.05. The zero-order valence-electron chi connectivity index (χ0n) is 7.88. The molecule has 1 aromatic carbocycles. The third-order valence-corrected chi connectivity index (χ3v) is 1.61. The second-order valence-electron chi connectivity index (χ2n) is 2.60. The van der Waals surface area contributed by atoms with Crippen molar-refractivity contribution in [2.45, 2.75) is 0 Å². The van der Waals surface area contributed by atoms with Crippen molar-refractivity contribution in [3.8, 4) is 5.75 Å². The predicted molar refractivity (Wildman–Crippen MR) is 50.5 cm³/mol. The van der Waals surface area contributed by atoms with Gasteiger partial charge in [-0.25, -0.2) is 4.79 Å². The number of aliphatic hydroxyl groups excluding tert-OH is 1. The molecule has 0 aliphatic carbocycles. The van der Waals surface area contributed by atoms with Gasteiger partial charge >= 0.3 is 12.4 Å². The number of carbonyl (C=O) groups is 2. The van der Waals surface area contributed by atoms with E-state index >= 15 is 0 Å². The number of rotatable bonds is 5. The Bertz CT molecular complexity index is 330. The molecule has 0 unspecified atom stereocenters. The summed E-state index contributed by atoms with van der Waals surface area (Å²) in [4.78, 5) is 20.9. The molecule has 5 heteroatoms. The SMILES string of the molecule is O=COC(=O)c1ccc(OCCO)cc1. The van der Waals surface area contributed by atoms with Crippen LogP contribution in [0.5, 0.6) is 5.75 Å². The van der Waals surface area contributed by atoms with Crippen LogP contribution in [0.2, 0.25) is 0 Å². The maximum Gasteiger partial charge on any atom is 0.345 e. The van der Waals surface area contributed by atoms with Gasteiger partial charge in [-0.2, -0.15) is 0 Å². The summed E-state index contributed by atoms with van der Waals surface area (Å²) in [5.74, 6) is -0.176. The van der Waals surface area contributed by atoms with Crippen LogP contribution in [-0.2, 0) is 9.53 Å². The van der Waals surface area contributed by atoms with Crippen molar-refractivity contribution in [3.05, 3.63) is 29.8 Å². The number of esters is 1. The highest BCUT2D eigenvalue weighted by molar-refractivity contribution is 5.93. The molecule has 0 aliphatic rings. The molecule has 15 heavy (non-hydrogen) atoms. The Morgan fingerprint density at radius 3 is 2.53 bits per heavy atom. The van der Waals surface area contributed by atoms with E-state index in [1.807, 2.05) is 0 Å². The van der Waals surface area contributed by atoms with Crippen molar-refractivity contribution < 1.29 is 24.2 Å². The van der Waals surface area contributed by atoms with Crippen molar-refractivity contribution >= 4 is 12.4 Å². The van der Waals surface area contributed by atoms with Gasteiger partial charge in [-0.05, 0) is 24.3 Å². The number of benzene rings is 1. The van der Waals surface area contributed by atoms with E-state index in [0.717, 1.165) is 0 Å². The van der Waals surface area contributed by atoms with Crippen LogP contribution in [0.3, 0.4) is 0 Å². The van der Waals surface area contributed by atoms with E-state index in [1.165, 1.54) is 12.1 Å². The zero-order valence-corrected chi connectivity index (χ0v) is 7.88. The first kappa shape index (κ1) is 11.2. The van der Waals surface area contributed by atoms with Gasteiger partial charge in [0.25, 0.3) is 0 Å². The maximum absolute atomic E-state index is 11.0. The van der Waals surface area contributed by atoms with E-state index in [0.29, 0.717) is 5.75 Å². The largest absolute Gasteiger partial charge is 0.491 e. The summed E-state index contributed by atoms with van der Waals surface area (Å²) in [7, 11) is 0. The normalized spacial score (nSPS) is 9.40. The molecule has 5 nitrogen and oxygen atoms in total.